The van der Waals surface area contributed by atoms with Crippen molar-refractivity contribution < 1.29 is 19.0 Å². The second-order valence-electron chi connectivity index (χ2n) is 11.4. The molecular formula is C33H40N6O4. The first-order chi connectivity index (χ1) is 21.0. The van der Waals surface area contributed by atoms with Crippen molar-refractivity contribution in [1.29, 1.82) is 0 Å². The van der Waals surface area contributed by atoms with Gasteiger partial charge in [-0.2, -0.15) is 0 Å². The van der Waals surface area contributed by atoms with Gasteiger partial charge < -0.3 is 33.9 Å². The lowest BCUT2D eigenvalue weighted by Crippen LogP contribution is -2.39. The van der Waals surface area contributed by atoms with Crippen LogP contribution in [0.15, 0.2) is 60.9 Å². The number of benzene rings is 2. The molecule has 2 aromatic heterocycles. The van der Waals surface area contributed by atoms with Crippen LogP contribution in [0.2, 0.25) is 0 Å². The number of hydrogen-bond acceptors (Lipinski definition) is 8. The number of imidazole rings is 1. The highest BCUT2D eigenvalue weighted by molar-refractivity contribution is 5.96. The number of nitrogens with one attached hydrogen (secondary N) is 1. The number of pyridine rings is 1. The van der Waals surface area contributed by atoms with Gasteiger partial charge in [-0.15, -0.1) is 0 Å². The maximum absolute atomic E-state index is 13.8. The van der Waals surface area contributed by atoms with E-state index in [0.29, 0.717) is 35.9 Å². The van der Waals surface area contributed by atoms with Crippen LogP contribution in [0.25, 0.3) is 11.0 Å². The van der Waals surface area contributed by atoms with Gasteiger partial charge in [-0.05, 0) is 74.3 Å². The topological polar surface area (TPSA) is 96.1 Å². The third-order valence-corrected chi connectivity index (χ3v) is 9.02. The van der Waals surface area contributed by atoms with E-state index >= 15 is 0 Å². The van der Waals surface area contributed by atoms with Gasteiger partial charge >= 0.3 is 0 Å². The minimum atomic E-state index is -0.149. The Morgan fingerprint density at radius 3 is 2.42 bits per heavy atom. The number of rotatable bonds is 9. The van der Waals surface area contributed by atoms with Crippen LogP contribution in [0.4, 0.5) is 5.95 Å². The number of para-hydroxylation sites is 2. The molecule has 4 aromatic rings. The maximum Gasteiger partial charge on any atom is 0.254 e. The number of carbonyl (C=O) groups is 1. The first-order valence-electron chi connectivity index (χ1n) is 15.0. The molecule has 0 saturated carbocycles. The molecule has 2 aliphatic rings. The van der Waals surface area contributed by atoms with Crippen molar-refractivity contribution in [1.82, 2.24) is 24.8 Å². The molecule has 4 heterocycles. The predicted molar refractivity (Wildman–Crippen MR) is 167 cm³/mol. The highest BCUT2D eigenvalue weighted by atomic mass is 16.5. The summed E-state index contributed by atoms with van der Waals surface area (Å²) in [7, 11) is 4.69. The van der Waals surface area contributed by atoms with Gasteiger partial charge in [0.1, 0.15) is 0 Å². The molecule has 2 saturated heterocycles. The van der Waals surface area contributed by atoms with Crippen LogP contribution >= 0.6 is 0 Å². The Kier molecular flexibility index (Phi) is 8.38. The monoisotopic (exact) mass is 584 g/mol. The van der Waals surface area contributed by atoms with Gasteiger partial charge in [0, 0.05) is 56.1 Å². The number of fused-ring (bicyclic) bond motifs is 1. The van der Waals surface area contributed by atoms with Crippen molar-refractivity contribution in [2.24, 2.45) is 0 Å². The largest absolute Gasteiger partial charge is 0.493 e. The Balaban J connectivity index is 1.16. The lowest BCUT2D eigenvalue weighted by atomic mass is 9.77. The lowest BCUT2D eigenvalue weighted by molar-refractivity contribution is 0.0780. The molecule has 1 amide bonds. The van der Waals surface area contributed by atoms with Crippen molar-refractivity contribution in [3.05, 3.63) is 72.1 Å². The fraction of sp³-hybridized carbons (Fsp3) is 0.424. The average molecular weight is 585 g/mol. The predicted octanol–water partition coefficient (Wildman–Crippen LogP) is 4.37. The number of nitrogens with zero attached hydrogens (tertiary/aromatic N) is 5. The van der Waals surface area contributed by atoms with Crippen LogP contribution in [0.3, 0.4) is 0 Å². The van der Waals surface area contributed by atoms with E-state index < -0.39 is 0 Å². The van der Waals surface area contributed by atoms with E-state index in [9.17, 15) is 4.79 Å². The summed E-state index contributed by atoms with van der Waals surface area (Å²) in [6, 6.07) is 15.9. The quantitative estimate of drug-likeness (QED) is 0.310. The molecule has 43 heavy (non-hydrogen) atoms. The number of likely N-dealkylation sites (tertiary alicyclic amines) is 1. The summed E-state index contributed by atoms with van der Waals surface area (Å²) in [6.45, 7) is 6.19. The van der Waals surface area contributed by atoms with Crippen molar-refractivity contribution in [2.45, 2.75) is 24.7 Å². The molecule has 0 radical (unpaired) electrons. The smallest absolute Gasteiger partial charge is 0.254 e. The molecule has 0 spiro atoms. The zero-order chi connectivity index (χ0) is 29.8. The van der Waals surface area contributed by atoms with E-state index in [1.807, 2.05) is 29.4 Å². The van der Waals surface area contributed by atoms with Crippen molar-refractivity contribution in [2.75, 3.05) is 72.0 Å². The van der Waals surface area contributed by atoms with Gasteiger partial charge in [0.05, 0.1) is 32.4 Å². The molecule has 6 rings (SSSR count). The normalized spacial score (nSPS) is 19.4. The van der Waals surface area contributed by atoms with E-state index in [1.165, 1.54) is 5.56 Å². The Morgan fingerprint density at radius 2 is 1.70 bits per heavy atom. The minimum Gasteiger partial charge on any atom is -0.493 e. The lowest BCUT2D eigenvalue weighted by Gasteiger charge is -2.33. The molecule has 1 atom stereocenters. The van der Waals surface area contributed by atoms with Gasteiger partial charge in [0.2, 0.25) is 11.7 Å². The third-order valence-electron chi connectivity index (χ3n) is 9.02. The van der Waals surface area contributed by atoms with Crippen molar-refractivity contribution in [3.8, 4) is 17.2 Å². The molecule has 1 N–H and O–H groups in total. The number of ether oxygens (including phenoxy) is 3. The van der Waals surface area contributed by atoms with Gasteiger partial charge in [-0.25, -0.2) is 4.98 Å². The third kappa shape index (κ3) is 5.84. The summed E-state index contributed by atoms with van der Waals surface area (Å²) in [6.07, 6.45) is 6.65. The van der Waals surface area contributed by atoms with E-state index in [2.05, 4.69) is 44.0 Å². The van der Waals surface area contributed by atoms with E-state index in [0.717, 1.165) is 69.0 Å². The van der Waals surface area contributed by atoms with E-state index in [-0.39, 0.29) is 11.3 Å². The second-order valence-corrected chi connectivity index (χ2v) is 11.4. The Bertz CT molecular complexity index is 1500. The van der Waals surface area contributed by atoms with Gasteiger partial charge in [-0.3, -0.25) is 9.78 Å². The number of aromatic nitrogens is 3. The Morgan fingerprint density at radius 1 is 0.930 bits per heavy atom. The SMILES string of the molecule is COc1cc(C(=O)N2CCC(CCN3CCCN(c4nc5ccccc5[nH]4)CC3)(c3ccncc3)C2)cc(OC)c1OC. The number of amides is 1. The van der Waals surface area contributed by atoms with Gasteiger partial charge in [0.25, 0.3) is 5.91 Å². The van der Waals surface area contributed by atoms with Crippen LogP contribution in [-0.4, -0.2) is 97.8 Å². The number of H-pyrrole nitrogens is 1. The molecular weight excluding hydrogens is 544 g/mol. The minimum absolute atomic E-state index is 0.0357. The average Bonchev–Trinajstić information content (AvgIpc) is 3.62. The molecule has 10 heteroatoms. The maximum atomic E-state index is 13.8. The zero-order valence-corrected chi connectivity index (χ0v) is 25.2. The standard InChI is InChI=1S/C33H40N6O4/c1-41-28-21-24(22-29(42-2)30(28)43-3)31(40)39-18-12-33(23-39,25-9-13-34-14-10-25)11-17-37-15-6-16-38(20-19-37)32-35-26-7-4-5-8-27(26)36-32/h4-5,7-10,13-14,21-22H,6,11-12,15-20,23H2,1-3H3,(H,35,36). The van der Waals surface area contributed by atoms with Crippen LogP contribution in [-0.2, 0) is 5.41 Å². The number of anilines is 1. The summed E-state index contributed by atoms with van der Waals surface area (Å²) < 4.78 is 16.5. The van der Waals surface area contributed by atoms with Gasteiger partial charge in [-0.1, -0.05) is 12.1 Å². The van der Waals surface area contributed by atoms with Gasteiger partial charge in [0.15, 0.2) is 11.5 Å². The molecule has 0 bridgehead atoms. The number of hydrogen-bond donors (Lipinski definition) is 1. The van der Waals surface area contributed by atoms with Crippen molar-refractivity contribution >= 4 is 22.9 Å². The highest BCUT2D eigenvalue weighted by Crippen LogP contribution is 2.41. The Labute approximate surface area is 252 Å². The van der Waals surface area contributed by atoms with Crippen LogP contribution in [0.5, 0.6) is 17.2 Å². The van der Waals surface area contributed by atoms with E-state index in [1.54, 1.807) is 33.5 Å². The molecule has 226 valence electrons. The van der Waals surface area contributed by atoms with Crippen LogP contribution in [0.1, 0.15) is 35.2 Å². The molecule has 0 aliphatic carbocycles. The fourth-order valence-electron chi connectivity index (χ4n) is 6.59. The molecule has 2 aromatic carbocycles. The summed E-state index contributed by atoms with van der Waals surface area (Å²) in [5, 5.41) is 0. The summed E-state index contributed by atoms with van der Waals surface area (Å²) in [5.41, 5.74) is 3.69. The highest BCUT2D eigenvalue weighted by Gasteiger charge is 2.42. The van der Waals surface area contributed by atoms with E-state index in [4.69, 9.17) is 19.2 Å². The number of methoxy groups -OCH3 is 3. The number of aromatic amines is 1. The molecule has 1 unspecified atom stereocenters. The number of carbonyl (C=O) groups excluding carboxylic acids is 1. The summed E-state index contributed by atoms with van der Waals surface area (Å²) in [4.78, 5) is 33.3. The second kappa shape index (κ2) is 12.5. The Hall–Kier alpha value is -4.31. The first-order valence-corrected chi connectivity index (χ1v) is 15.0. The zero-order valence-electron chi connectivity index (χ0n) is 25.2. The molecule has 2 fully saturated rings. The summed E-state index contributed by atoms with van der Waals surface area (Å²) in [5.74, 6) is 2.34. The summed E-state index contributed by atoms with van der Waals surface area (Å²) >= 11 is 0. The first kappa shape index (κ1) is 28.8. The fourth-order valence-corrected chi connectivity index (χ4v) is 6.59. The van der Waals surface area contributed by atoms with Crippen LogP contribution in [0, 0.1) is 0 Å². The molecule has 2 aliphatic heterocycles. The molecule has 10 nitrogen and oxygen atoms in total. The van der Waals surface area contributed by atoms with Crippen LogP contribution < -0.4 is 19.1 Å². The van der Waals surface area contributed by atoms with Crippen molar-refractivity contribution in [3.63, 3.8) is 0 Å².